The van der Waals surface area contributed by atoms with Crippen LogP contribution in [0.5, 0.6) is 0 Å². The van der Waals surface area contributed by atoms with Crippen molar-refractivity contribution >= 4 is 0 Å². The Morgan fingerprint density at radius 1 is 0.889 bits per heavy atom. The monoisotopic (exact) mass is 252 g/mol. The first-order valence-corrected chi connectivity index (χ1v) is 7.28. The summed E-state index contributed by atoms with van der Waals surface area (Å²) in [5.41, 5.74) is 0. The van der Waals surface area contributed by atoms with Crippen LogP contribution in [0.25, 0.3) is 0 Å². The van der Waals surface area contributed by atoms with Gasteiger partial charge >= 0.3 is 0 Å². The Bertz CT molecular complexity index is 269. The summed E-state index contributed by atoms with van der Waals surface area (Å²) in [7, 11) is 3.56. The molecule has 0 saturated heterocycles. The quantitative estimate of drug-likeness (QED) is 0.584. The molecule has 0 bridgehead atoms. The van der Waals surface area contributed by atoms with Crippen LogP contribution in [-0.4, -0.2) is 14.2 Å². The third kappa shape index (κ3) is 4.08. The Morgan fingerprint density at radius 2 is 1.50 bits per heavy atom. The maximum Gasteiger partial charge on any atom is 0.103 e. The zero-order valence-electron chi connectivity index (χ0n) is 12.4. The van der Waals surface area contributed by atoms with Crippen molar-refractivity contribution in [3.63, 3.8) is 0 Å². The van der Waals surface area contributed by atoms with E-state index >= 15 is 0 Å². The van der Waals surface area contributed by atoms with Gasteiger partial charge in [0.1, 0.15) is 11.5 Å². The van der Waals surface area contributed by atoms with Gasteiger partial charge in [0.2, 0.25) is 0 Å². The molecule has 1 rings (SSSR count). The highest BCUT2D eigenvalue weighted by molar-refractivity contribution is 5.23. The smallest absolute Gasteiger partial charge is 0.103 e. The lowest BCUT2D eigenvalue weighted by molar-refractivity contribution is 0.177. The molecule has 0 aliphatic heterocycles. The molecule has 0 aromatic carbocycles. The second-order valence-electron chi connectivity index (χ2n) is 5.05. The highest BCUT2D eigenvalue weighted by Gasteiger charge is 2.26. The van der Waals surface area contributed by atoms with Crippen LogP contribution < -0.4 is 0 Å². The Hall–Kier alpha value is -0.920. The number of hydrogen-bond donors (Lipinski definition) is 0. The molecule has 0 atom stereocenters. The second kappa shape index (κ2) is 8.23. The molecule has 0 radical (unpaired) electrons. The minimum Gasteiger partial charge on any atom is -0.501 e. The number of unbranched alkanes of at least 4 members (excludes halogenated alkanes) is 2. The first-order chi connectivity index (χ1) is 8.76. The molecule has 0 N–H and O–H groups in total. The standard InChI is InChI=1S/C16H28O2/c1-5-7-8-10-14-15(17-3)11-13(9-6-2)12-16(14)18-4/h11-14H,5-10H2,1-4H3. The van der Waals surface area contributed by atoms with Crippen molar-refractivity contribution < 1.29 is 9.47 Å². The number of methoxy groups -OCH3 is 2. The molecular weight excluding hydrogens is 224 g/mol. The van der Waals surface area contributed by atoms with E-state index in [9.17, 15) is 0 Å². The van der Waals surface area contributed by atoms with E-state index < -0.39 is 0 Å². The van der Waals surface area contributed by atoms with Crippen molar-refractivity contribution in [3.05, 3.63) is 23.7 Å². The van der Waals surface area contributed by atoms with Crippen molar-refractivity contribution in [2.45, 2.75) is 52.4 Å². The zero-order chi connectivity index (χ0) is 13.4. The lowest BCUT2D eigenvalue weighted by Gasteiger charge is -2.27. The summed E-state index contributed by atoms with van der Waals surface area (Å²) in [6.07, 6.45) is 11.8. The fourth-order valence-corrected chi connectivity index (χ4v) is 2.65. The Kier molecular flexibility index (Phi) is 6.92. The van der Waals surface area contributed by atoms with Gasteiger partial charge in [-0.05, 0) is 25.0 Å². The molecule has 0 aromatic heterocycles. The largest absolute Gasteiger partial charge is 0.501 e. The van der Waals surface area contributed by atoms with Crippen molar-refractivity contribution in [1.29, 1.82) is 0 Å². The summed E-state index contributed by atoms with van der Waals surface area (Å²) in [4.78, 5) is 0. The highest BCUT2D eigenvalue weighted by atomic mass is 16.5. The topological polar surface area (TPSA) is 18.5 Å². The predicted octanol–water partition coefficient (Wildman–Crippen LogP) is 4.67. The molecule has 0 fully saturated rings. The molecule has 104 valence electrons. The molecular formula is C16H28O2. The minimum absolute atomic E-state index is 0.333. The van der Waals surface area contributed by atoms with Gasteiger partial charge in [-0.3, -0.25) is 0 Å². The first kappa shape index (κ1) is 15.1. The van der Waals surface area contributed by atoms with E-state index in [2.05, 4.69) is 26.0 Å². The van der Waals surface area contributed by atoms with E-state index in [1.807, 2.05) is 0 Å². The molecule has 1 aliphatic carbocycles. The summed E-state index contributed by atoms with van der Waals surface area (Å²) >= 11 is 0. The van der Waals surface area contributed by atoms with Gasteiger partial charge in [0.15, 0.2) is 0 Å². The van der Waals surface area contributed by atoms with Gasteiger partial charge in [0.25, 0.3) is 0 Å². The normalized spacial score (nSPS) is 23.3. The molecule has 18 heavy (non-hydrogen) atoms. The Morgan fingerprint density at radius 3 is 1.94 bits per heavy atom. The van der Waals surface area contributed by atoms with Crippen molar-refractivity contribution in [1.82, 2.24) is 0 Å². The van der Waals surface area contributed by atoms with E-state index in [4.69, 9.17) is 9.47 Å². The average molecular weight is 252 g/mol. The Labute approximate surface area is 112 Å². The third-order valence-electron chi connectivity index (χ3n) is 3.63. The average Bonchev–Trinajstić information content (AvgIpc) is 2.40. The van der Waals surface area contributed by atoms with Crippen LogP contribution in [0, 0.1) is 11.8 Å². The SMILES string of the molecule is CCCCCC1C(OC)=CC(CCC)C=C1OC. The first-order valence-electron chi connectivity index (χ1n) is 7.28. The van der Waals surface area contributed by atoms with Gasteiger partial charge in [-0.25, -0.2) is 0 Å². The van der Waals surface area contributed by atoms with Crippen LogP contribution in [0.2, 0.25) is 0 Å². The molecule has 0 heterocycles. The molecule has 0 saturated carbocycles. The zero-order valence-corrected chi connectivity index (χ0v) is 12.4. The van der Waals surface area contributed by atoms with Crippen LogP contribution in [0.3, 0.4) is 0 Å². The molecule has 2 nitrogen and oxygen atoms in total. The number of hydrogen-bond acceptors (Lipinski definition) is 2. The molecule has 2 heteroatoms. The lowest BCUT2D eigenvalue weighted by Crippen LogP contribution is -2.17. The van der Waals surface area contributed by atoms with Crippen LogP contribution in [0.1, 0.15) is 52.4 Å². The van der Waals surface area contributed by atoms with Gasteiger partial charge in [-0.1, -0.05) is 39.5 Å². The van der Waals surface area contributed by atoms with Crippen LogP contribution >= 0.6 is 0 Å². The minimum atomic E-state index is 0.333. The molecule has 1 aliphatic rings. The van der Waals surface area contributed by atoms with E-state index in [1.165, 1.54) is 32.1 Å². The maximum atomic E-state index is 5.58. The van der Waals surface area contributed by atoms with E-state index in [0.29, 0.717) is 11.8 Å². The van der Waals surface area contributed by atoms with E-state index in [1.54, 1.807) is 14.2 Å². The predicted molar refractivity (Wildman–Crippen MR) is 76.2 cm³/mol. The molecule has 0 spiro atoms. The summed E-state index contributed by atoms with van der Waals surface area (Å²) in [5.74, 6) is 3.01. The summed E-state index contributed by atoms with van der Waals surface area (Å²) in [5, 5.41) is 0. The summed E-state index contributed by atoms with van der Waals surface area (Å²) in [6.45, 7) is 4.45. The maximum absolute atomic E-state index is 5.58. The molecule has 0 amide bonds. The van der Waals surface area contributed by atoms with Crippen LogP contribution in [0.4, 0.5) is 0 Å². The number of allylic oxidation sites excluding steroid dienone is 2. The lowest BCUT2D eigenvalue weighted by atomic mass is 9.87. The summed E-state index contributed by atoms with van der Waals surface area (Å²) < 4.78 is 11.2. The van der Waals surface area contributed by atoms with E-state index in [0.717, 1.165) is 17.9 Å². The van der Waals surface area contributed by atoms with Crippen LogP contribution in [-0.2, 0) is 9.47 Å². The van der Waals surface area contributed by atoms with Crippen molar-refractivity contribution in [2.24, 2.45) is 11.8 Å². The Balaban J connectivity index is 2.73. The number of ether oxygens (including phenoxy) is 2. The molecule has 0 aromatic rings. The van der Waals surface area contributed by atoms with Crippen LogP contribution in [0.15, 0.2) is 23.7 Å². The second-order valence-corrected chi connectivity index (χ2v) is 5.05. The van der Waals surface area contributed by atoms with Gasteiger partial charge in [0.05, 0.1) is 20.1 Å². The fraction of sp³-hybridized carbons (Fsp3) is 0.750. The number of rotatable bonds is 8. The van der Waals surface area contributed by atoms with Gasteiger partial charge < -0.3 is 9.47 Å². The summed E-state index contributed by atoms with van der Waals surface area (Å²) in [6, 6.07) is 0. The molecule has 0 unspecified atom stereocenters. The van der Waals surface area contributed by atoms with Gasteiger partial charge in [0, 0.05) is 5.92 Å². The highest BCUT2D eigenvalue weighted by Crippen LogP contribution is 2.34. The van der Waals surface area contributed by atoms with E-state index in [-0.39, 0.29) is 0 Å². The third-order valence-corrected chi connectivity index (χ3v) is 3.63. The van der Waals surface area contributed by atoms with Gasteiger partial charge in [-0.2, -0.15) is 0 Å². The van der Waals surface area contributed by atoms with Gasteiger partial charge in [-0.15, -0.1) is 0 Å². The fourth-order valence-electron chi connectivity index (χ4n) is 2.65. The van der Waals surface area contributed by atoms with Crippen molar-refractivity contribution in [3.8, 4) is 0 Å². The van der Waals surface area contributed by atoms with Crippen molar-refractivity contribution in [2.75, 3.05) is 14.2 Å².